The number of hydrogen-bond acceptors (Lipinski definition) is 0. The third-order valence-electron chi connectivity index (χ3n) is 1.51. The lowest BCUT2D eigenvalue weighted by molar-refractivity contribution is 1.03. The van der Waals surface area contributed by atoms with Crippen LogP contribution in [0.25, 0.3) is 0 Å². The van der Waals surface area contributed by atoms with Crippen LogP contribution in [0.15, 0.2) is 36.5 Å². The van der Waals surface area contributed by atoms with Gasteiger partial charge < -0.3 is 0 Å². The zero-order valence-electron chi connectivity index (χ0n) is 6.46. The second-order valence-electron chi connectivity index (χ2n) is 2.54. The first kappa shape index (κ1) is 7.33. The minimum absolute atomic E-state index is 0.700. The molecule has 0 heterocycles. The highest BCUT2D eigenvalue weighted by Crippen LogP contribution is 2.16. The van der Waals surface area contributed by atoms with Crippen molar-refractivity contribution in [2.75, 3.05) is 0 Å². The Balaban J connectivity index is 1.93. The van der Waals surface area contributed by atoms with E-state index < -0.39 is 0 Å². The molecule has 10 heavy (non-hydrogen) atoms. The molecule has 0 aromatic heterocycles. The number of hydrogen-bond donors (Lipinski definition) is 0. The quantitative estimate of drug-likeness (QED) is 0.409. The molecule has 0 amide bonds. The van der Waals surface area contributed by atoms with E-state index >= 15 is 0 Å². The molecule has 0 unspecified atom stereocenters. The Kier molecular flexibility index (Phi) is 3.01. The Bertz CT molecular complexity index is 155. The van der Waals surface area contributed by atoms with Crippen molar-refractivity contribution in [3.63, 3.8) is 0 Å². The molecule has 1 aliphatic rings. The van der Waals surface area contributed by atoms with E-state index in [4.69, 9.17) is 0 Å². The minimum atomic E-state index is 0.700. The molecule has 0 aliphatic heterocycles. The second-order valence-corrected chi connectivity index (χ2v) is 2.54. The molecule has 0 spiro atoms. The Hall–Kier alpha value is -0.780. The molecule has 0 bridgehead atoms. The summed E-state index contributed by atoms with van der Waals surface area (Å²) in [5.74, 6) is 0.700. The molecule has 0 fully saturated rings. The van der Waals surface area contributed by atoms with Gasteiger partial charge in [0.2, 0.25) is 0 Å². The summed E-state index contributed by atoms with van der Waals surface area (Å²) in [5, 5.41) is 0. The van der Waals surface area contributed by atoms with E-state index in [9.17, 15) is 0 Å². The van der Waals surface area contributed by atoms with Crippen molar-refractivity contribution in [3.8, 4) is 0 Å². The largest absolute Gasteiger partial charge is 0.0917 e. The fraction of sp³-hybridized carbons (Fsp3) is 0.400. The maximum atomic E-state index is 2.25. The van der Waals surface area contributed by atoms with Crippen molar-refractivity contribution in [3.05, 3.63) is 36.5 Å². The van der Waals surface area contributed by atoms with Crippen LogP contribution < -0.4 is 0 Å². The van der Waals surface area contributed by atoms with Crippen molar-refractivity contribution in [2.24, 2.45) is 5.92 Å². The first-order valence-corrected chi connectivity index (χ1v) is 3.89. The summed E-state index contributed by atoms with van der Waals surface area (Å²) in [5.41, 5.74) is 0. The van der Waals surface area contributed by atoms with Crippen molar-refractivity contribution in [2.45, 2.75) is 19.8 Å². The number of allylic oxidation sites excluding steroid dienone is 6. The van der Waals surface area contributed by atoms with Gasteiger partial charge in [0.1, 0.15) is 0 Å². The number of unbranched alkanes of at least 4 members (excludes halogenated alkanes) is 1. The lowest BCUT2D eigenvalue weighted by Gasteiger charge is -1.84. The average molecular weight is 134 g/mol. The number of rotatable bonds is 4. The smallest absolute Gasteiger partial charge is 0.0128 e. The van der Waals surface area contributed by atoms with Crippen molar-refractivity contribution < 1.29 is 0 Å². The molecule has 0 aromatic rings. The Morgan fingerprint density at radius 1 is 1.20 bits per heavy atom. The summed E-state index contributed by atoms with van der Waals surface area (Å²) in [6.45, 7) is 2.06. The fourth-order valence-corrected chi connectivity index (χ4v) is 0.805. The van der Waals surface area contributed by atoms with Crippen LogP contribution in [0.3, 0.4) is 0 Å². The molecule has 0 atom stereocenters. The van der Waals surface area contributed by atoms with Gasteiger partial charge in [-0.15, -0.1) is 0 Å². The van der Waals surface area contributed by atoms with Crippen LogP contribution in [0.5, 0.6) is 0 Å². The van der Waals surface area contributed by atoms with E-state index in [0.29, 0.717) is 5.92 Å². The summed E-state index contributed by atoms with van der Waals surface area (Å²) < 4.78 is 0. The summed E-state index contributed by atoms with van der Waals surface area (Å²) in [4.78, 5) is 0. The molecule has 0 radical (unpaired) electrons. The first-order chi connectivity index (χ1) is 4.93. The molecule has 0 nitrogen and oxygen atoms in total. The van der Waals surface area contributed by atoms with Crippen molar-refractivity contribution >= 4 is 0 Å². The first-order valence-electron chi connectivity index (χ1n) is 3.89. The predicted octanol–water partition coefficient (Wildman–Crippen LogP) is 3.08. The highest BCUT2D eigenvalue weighted by molar-refractivity contribution is 5.22. The van der Waals surface area contributed by atoms with E-state index in [-0.39, 0.29) is 0 Å². The molecular weight excluding hydrogens is 120 g/mol. The fourth-order valence-electron chi connectivity index (χ4n) is 0.805. The molecule has 0 saturated heterocycles. The lowest BCUT2D eigenvalue weighted by atomic mass is 10.2. The van der Waals surface area contributed by atoms with Crippen LogP contribution in [0, 0.1) is 5.92 Å². The van der Waals surface area contributed by atoms with Crippen LogP contribution in [-0.4, -0.2) is 0 Å². The molecule has 0 aromatic carbocycles. The molecule has 0 heteroatoms. The third kappa shape index (κ3) is 3.29. The van der Waals surface area contributed by atoms with Gasteiger partial charge in [-0.25, -0.2) is 0 Å². The van der Waals surface area contributed by atoms with Crippen molar-refractivity contribution in [1.29, 1.82) is 0 Å². The van der Waals surface area contributed by atoms with E-state index in [2.05, 4.69) is 43.4 Å². The van der Waals surface area contributed by atoms with Gasteiger partial charge in [0, 0.05) is 5.92 Å². The summed E-state index contributed by atoms with van der Waals surface area (Å²) in [7, 11) is 0. The average Bonchev–Trinajstić information content (AvgIpc) is 2.71. The topological polar surface area (TPSA) is 0 Å². The second kappa shape index (κ2) is 4.10. The normalized spacial score (nSPS) is 17.7. The lowest BCUT2D eigenvalue weighted by Crippen LogP contribution is -1.67. The SMILES string of the molecule is CC=CCCC=CC1C=C1. The molecular formula is C10H14. The van der Waals surface area contributed by atoms with Gasteiger partial charge in [-0.05, 0) is 19.8 Å². The molecule has 0 saturated carbocycles. The zero-order valence-corrected chi connectivity index (χ0v) is 6.46. The molecule has 1 rings (SSSR count). The Morgan fingerprint density at radius 3 is 2.50 bits per heavy atom. The molecule has 54 valence electrons. The standard InChI is InChI=1S/C10H14/c1-2-3-4-5-6-7-10-8-9-10/h2-3,6-10H,4-5H2,1H3. The van der Waals surface area contributed by atoms with Gasteiger partial charge in [0.05, 0.1) is 0 Å². The van der Waals surface area contributed by atoms with E-state index in [1.165, 1.54) is 12.8 Å². The molecule has 1 aliphatic carbocycles. The van der Waals surface area contributed by atoms with Gasteiger partial charge in [0.25, 0.3) is 0 Å². The van der Waals surface area contributed by atoms with E-state index in [1.807, 2.05) is 0 Å². The Morgan fingerprint density at radius 2 is 1.90 bits per heavy atom. The highest BCUT2D eigenvalue weighted by atomic mass is 14.1. The zero-order chi connectivity index (χ0) is 7.23. The van der Waals surface area contributed by atoms with Gasteiger partial charge in [-0.3, -0.25) is 0 Å². The van der Waals surface area contributed by atoms with Crippen LogP contribution >= 0.6 is 0 Å². The van der Waals surface area contributed by atoms with Crippen LogP contribution in [0.2, 0.25) is 0 Å². The summed E-state index contributed by atoms with van der Waals surface area (Å²) >= 11 is 0. The minimum Gasteiger partial charge on any atom is -0.0917 e. The molecule has 0 N–H and O–H groups in total. The van der Waals surface area contributed by atoms with Crippen LogP contribution in [0.4, 0.5) is 0 Å². The van der Waals surface area contributed by atoms with Gasteiger partial charge in [0.15, 0.2) is 0 Å². The van der Waals surface area contributed by atoms with Gasteiger partial charge >= 0.3 is 0 Å². The van der Waals surface area contributed by atoms with Gasteiger partial charge in [-0.2, -0.15) is 0 Å². The monoisotopic (exact) mass is 134 g/mol. The van der Waals surface area contributed by atoms with Gasteiger partial charge in [-0.1, -0.05) is 36.5 Å². The van der Waals surface area contributed by atoms with E-state index in [0.717, 1.165) is 0 Å². The maximum absolute atomic E-state index is 2.25. The summed E-state index contributed by atoms with van der Waals surface area (Å²) in [6, 6.07) is 0. The Labute approximate surface area is 62.9 Å². The van der Waals surface area contributed by atoms with Crippen molar-refractivity contribution in [1.82, 2.24) is 0 Å². The van der Waals surface area contributed by atoms with E-state index in [1.54, 1.807) is 0 Å². The summed E-state index contributed by atoms with van der Waals surface area (Å²) in [6.07, 6.45) is 15.6. The predicted molar refractivity (Wildman–Crippen MR) is 45.8 cm³/mol. The maximum Gasteiger partial charge on any atom is 0.0128 e. The van der Waals surface area contributed by atoms with Crippen LogP contribution in [0.1, 0.15) is 19.8 Å². The highest BCUT2D eigenvalue weighted by Gasteiger charge is 2.03. The third-order valence-corrected chi connectivity index (χ3v) is 1.51. The van der Waals surface area contributed by atoms with Crippen LogP contribution in [-0.2, 0) is 0 Å².